The summed E-state index contributed by atoms with van der Waals surface area (Å²) in [7, 11) is 0. The van der Waals surface area contributed by atoms with Gasteiger partial charge in [-0.1, -0.05) is 23.7 Å². The number of rotatable bonds is 1. The molecule has 0 saturated heterocycles. The molecule has 0 bridgehead atoms. The standard InChI is InChI=1S/C15H11BrClFN2/c16-10-5-6-12-13(14(10)17)15(20-8-7-19-12)9-3-1-2-4-11(9)18/h1-6,19H,7-8H2. The number of anilines is 1. The molecule has 20 heavy (non-hydrogen) atoms. The number of hydrogen-bond donors (Lipinski definition) is 1. The second-order valence-electron chi connectivity index (χ2n) is 4.42. The van der Waals surface area contributed by atoms with Gasteiger partial charge < -0.3 is 5.32 Å². The largest absolute Gasteiger partial charge is 0.383 e. The van der Waals surface area contributed by atoms with E-state index in [0.717, 1.165) is 15.7 Å². The summed E-state index contributed by atoms with van der Waals surface area (Å²) < 4.78 is 14.8. The van der Waals surface area contributed by atoms with Crippen LogP contribution in [0.3, 0.4) is 0 Å². The summed E-state index contributed by atoms with van der Waals surface area (Å²) in [4.78, 5) is 4.51. The zero-order chi connectivity index (χ0) is 14.1. The summed E-state index contributed by atoms with van der Waals surface area (Å²) in [5.74, 6) is -0.296. The Morgan fingerprint density at radius 1 is 1.20 bits per heavy atom. The first-order chi connectivity index (χ1) is 9.68. The number of benzodiazepines with no additional fused rings is 1. The highest BCUT2D eigenvalue weighted by Crippen LogP contribution is 2.35. The summed E-state index contributed by atoms with van der Waals surface area (Å²) in [6, 6.07) is 10.4. The Balaban J connectivity index is 2.26. The highest BCUT2D eigenvalue weighted by molar-refractivity contribution is 9.10. The predicted octanol–water partition coefficient (Wildman–Crippen LogP) is 4.50. The molecule has 0 atom stereocenters. The van der Waals surface area contributed by atoms with Crippen LogP contribution >= 0.6 is 27.5 Å². The van der Waals surface area contributed by atoms with Crippen LogP contribution < -0.4 is 5.32 Å². The van der Waals surface area contributed by atoms with Crippen LogP contribution in [-0.2, 0) is 0 Å². The summed E-state index contributed by atoms with van der Waals surface area (Å²) in [6.07, 6.45) is 0. The van der Waals surface area contributed by atoms with Crippen molar-refractivity contribution in [2.24, 2.45) is 4.99 Å². The number of nitrogens with zero attached hydrogens (tertiary/aromatic N) is 1. The van der Waals surface area contributed by atoms with Gasteiger partial charge in [-0.25, -0.2) is 4.39 Å². The molecule has 0 aromatic heterocycles. The van der Waals surface area contributed by atoms with Gasteiger partial charge in [0.05, 0.1) is 17.3 Å². The minimum Gasteiger partial charge on any atom is -0.383 e. The quantitative estimate of drug-likeness (QED) is 0.802. The van der Waals surface area contributed by atoms with Crippen LogP contribution in [0.5, 0.6) is 0 Å². The molecule has 0 amide bonds. The molecule has 2 aromatic rings. The third-order valence-corrected chi connectivity index (χ3v) is 4.44. The Kier molecular flexibility index (Phi) is 3.76. The Hall–Kier alpha value is -1.39. The molecule has 2 nitrogen and oxygen atoms in total. The molecule has 0 fully saturated rings. The van der Waals surface area contributed by atoms with E-state index in [1.165, 1.54) is 6.07 Å². The maximum atomic E-state index is 14.1. The molecule has 0 unspecified atom stereocenters. The van der Waals surface area contributed by atoms with Crippen molar-refractivity contribution < 1.29 is 4.39 Å². The second-order valence-corrected chi connectivity index (χ2v) is 5.65. The molecule has 1 aliphatic rings. The van der Waals surface area contributed by atoms with Crippen molar-refractivity contribution in [1.29, 1.82) is 0 Å². The fourth-order valence-corrected chi connectivity index (χ4v) is 2.82. The van der Waals surface area contributed by atoms with Crippen LogP contribution in [0.2, 0.25) is 5.02 Å². The van der Waals surface area contributed by atoms with Crippen LogP contribution in [-0.4, -0.2) is 18.8 Å². The van der Waals surface area contributed by atoms with Crippen molar-refractivity contribution in [1.82, 2.24) is 0 Å². The summed E-state index contributed by atoms with van der Waals surface area (Å²) in [5, 5.41) is 3.81. The number of benzene rings is 2. The van der Waals surface area contributed by atoms with Crippen LogP contribution in [0.25, 0.3) is 0 Å². The summed E-state index contributed by atoms with van der Waals surface area (Å²) in [5.41, 5.74) is 2.67. The van der Waals surface area contributed by atoms with Gasteiger partial charge in [-0.15, -0.1) is 0 Å². The Bertz CT molecular complexity index is 700. The maximum absolute atomic E-state index is 14.1. The fraction of sp³-hybridized carbons (Fsp3) is 0.133. The fourth-order valence-electron chi connectivity index (χ4n) is 2.24. The maximum Gasteiger partial charge on any atom is 0.132 e. The third kappa shape index (κ3) is 2.34. The topological polar surface area (TPSA) is 24.4 Å². The van der Waals surface area contributed by atoms with Gasteiger partial charge in [0.2, 0.25) is 0 Å². The predicted molar refractivity (Wildman–Crippen MR) is 84.5 cm³/mol. The molecule has 0 saturated carbocycles. The molecule has 102 valence electrons. The summed E-state index contributed by atoms with van der Waals surface area (Å²) in [6.45, 7) is 1.27. The van der Waals surface area contributed by atoms with Crippen molar-refractivity contribution in [3.8, 4) is 0 Å². The van der Waals surface area contributed by atoms with Crippen LogP contribution in [0.1, 0.15) is 11.1 Å². The van der Waals surface area contributed by atoms with Gasteiger partial charge in [-0.2, -0.15) is 0 Å². The van der Waals surface area contributed by atoms with Gasteiger partial charge in [0.1, 0.15) is 5.82 Å². The molecule has 0 spiro atoms. The molecule has 1 N–H and O–H groups in total. The van der Waals surface area contributed by atoms with Crippen molar-refractivity contribution in [2.75, 3.05) is 18.4 Å². The first-order valence-corrected chi connectivity index (χ1v) is 7.37. The van der Waals surface area contributed by atoms with E-state index in [4.69, 9.17) is 11.6 Å². The first-order valence-electron chi connectivity index (χ1n) is 6.20. The Labute approximate surface area is 129 Å². The van der Waals surface area contributed by atoms with E-state index < -0.39 is 0 Å². The minimum absolute atomic E-state index is 0.296. The highest BCUT2D eigenvalue weighted by Gasteiger charge is 2.21. The third-order valence-electron chi connectivity index (χ3n) is 3.16. The molecular weight excluding hydrogens is 343 g/mol. The molecular formula is C15H11BrClFN2. The van der Waals surface area contributed by atoms with Gasteiger partial charge in [0.25, 0.3) is 0 Å². The number of aliphatic imine (C=N–C) groups is 1. The van der Waals surface area contributed by atoms with Crippen molar-refractivity contribution in [2.45, 2.75) is 0 Å². The molecule has 0 aliphatic carbocycles. The van der Waals surface area contributed by atoms with E-state index in [0.29, 0.717) is 29.4 Å². The van der Waals surface area contributed by atoms with Crippen molar-refractivity contribution in [3.63, 3.8) is 0 Å². The molecule has 1 heterocycles. The number of nitrogens with one attached hydrogen (secondary N) is 1. The zero-order valence-electron chi connectivity index (χ0n) is 10.5. The normalized spacial score (nSPS) is 14.1. The van der Waals surface area contributed by atoms with Crippen molar-refractivity contribution in [3.05, 3.63) is 62.8 Å². The zero-order valence-corrected chi connectivity index (χ0v) is 12.8. The number of fused-ring (bicyclic) bond motifs is 1. The Morgan fingerprint density at radius 3 is 2.80 bits per heavy atom. The minimum atomic E-state index is -0.296. The molecule has 5 heteroatoms. The van der Waals surface area contributed by atoms with Crippen LogP contribution in [0, 0.1) is 5.82 Å². The average Bonchev–Trinajstić information content (AvgIpc) is 2.66. The first kappa shape index (κ1) is 13.6. The number of hydrogen-bond acceptors (Lipinski definition) is 2. The number of halogens is 3. The van der Waals surface area contributed by atoms with Crippen LogP contribution in [0.15, 0.2) is 45.9 Å². The van der Waals surface area contributed by atoms with E-state index >= 15 is 0 Å². The van der Waals surface area contributed by atoms with E-state index in [-0.39, 0.29) is 5.82 Å². The Morgan fingerprint density at radius 2 is 2.00 bits per heavy atom. The van der Waals surface area contributed by atoms with E-state index in [1.54, 1.807) is 18.2 Å². The van der Waals surface area contributed by atoms with E-state index in [9.17, 15) is 4.39 Å². The van der Waals surface area contributed by atoms with Crippen molar-refractivity contribution >= 4 is 38.9 Å². The van der Waals surface area contributed by atoms with Gasteiger partial charge in [-0.05, 0) is 40.2 Å². The van der Waals surface area contributed by atoms with Gasteiger partial charge in [0.15, 0.2) is 0 Å². The average molecular weight is 354 g/mol. The van der Waals surface area contributed by atoms with Gasteiger partial charge in [0, 0.05) is 27.8 Å². The lowest BCUT2D eigenvalue weighted by Gasteiger charge is -2.14. The lowest BCUT2D eigenvalue weighted by atomic mass is 10.00. The van der Waals surface area contributed by atoms with Crippen LogP contribution in [0.4, 0.5) is 10.1 Å². The smallest absolute Gasteiger partial charge is 0.132 e. The van der Waals surface area contributed by atoms with Gasteiger partial charge in [-0.3, -0.25) is 4.99 Å². The van der Waals surface area contributed by atoms with Gasteiger partial charge >= 0.3 is 0 Å². The molecule has 0 radical (unpaired) electrons. The summed E-state index contributed by atoms with van der Waals surface area (Å²) >= 11 is 9.80. The molecule has 2 aromatic carbocycles. The van der Waals surface area contributed by atoms with E-state index in [1.807, 2.05) is 12.1 Å². The molecule has 1 aliphatic heterocycles. The highest BCUT2D eigenvalue weighted by atomic mass is 79.9. The lowest BCUT2D eigenvalue weighted by Crippen LogP contribution is -2.08. The lowest BCUT2D eigenvalue weighted by molar-refractivity contribution is 0.625. The molecule has 3 rings (SSSR count). The SMILES string of the molecule is Fc1ccccc1C1=NCCNc2ccc(Br)c(Cl)c21. The van der Waals surface area contributed by atoms with E-state index in [2.05, 4.69) is 26.2 Å². The second kappa shape index (κ2) is 5.54. The monoisotopic (exact) mass is 352 g/mol.